The SMILES string of the molecule is Cc1cnc(CNCC(O)CC(C)C)c(C)c1[N+](=O)[O-]. The van der Waals surface area contributed by atoms with Crippen LogP contribution in [0.5, 0.6) is 0 Å². The van der Waals surface area contributed by atoms with Crippen LogP contribution in [0.1, 0.15) is 37.1 Å². The van der Waals surface area contributed by atoms with Crippen LogP contribution >= 0.6 is 0 Å². The maximum absolute atomic E-state index is 11.0. The zero-order valence-electron chi connectivity index (χ0n) is 12.5. The summed E-state index contributed by atoms with van der Waals surface area (Å²) in [6.07, 6.45) is 1.84. The van der Waals surface area contributed by atoms with Gasteiger partial charge >= 0.3 is 0 Å². The molecule has 6 heteroatoms. The molecule has 0 bridgehead atoms. The van der Waals surface area contributed by atoms with Gasteiger partial charge in [-0.1, -0.05) is 13.8 Å². The number of hydrogen-bond donors (Lipinski definition) is 2. The van der Waals surface area contributed by atoms with Crippen molar-refractivity contribution in [3.63, 3.8) is 0 Å². The van der Waals surface area contributed by atoms with Gasteiger partial charge in [0.2, 0.25) is 0 Å². The number of aliphatic hydroxyl groups excluding tert-OH is 1. The van der Waals surface area contributed by atoms with E-state index in [9.17, 15) is 15.2 Å². The van der Waals surface area contributed by atoms with Gasteiger partial charge in [-0.3, -0.25) is 15.1 Å². The first-order chi connectivity index (χ1) is 9.32. The lowest BCUT2D eigenvalue weighted by Crippen LogP contribution is -2.28. The predicted molar refractivity (Wildman–Crippen MR) is 77.5 cm³/mol. The first-order valence-corrected chi connectivity index (χ1v) is 6.81. The Kier molecular flexibility index (Phi) is 6.04. The standard InChI is InChI=1S/C14H23N3O3/c1-9(2)5-12(18)7-15-8-13-11(4)14(17(19)20)10(3)6-16-13/h6,9,12,15,18H,5,7-8H2,1-4H3. The normalized spacial score (nSPS) is 12.7. The summed E-state index contributed by atoms with van der Waals surface area (Å²) in [5.74, 6) is 0.437. The highest BCUT2D eigenvalue weighted by atomic mass is 16.6. The summed E-state index contributed by atoms with van der Waals surface area (Å²) in [6.45, 7) is 8.38. The summed E-state index contributed by atoms with van der Waals surface area (Å²) >= 11 is 0. The highest BCUT2D eigenvalue weighted by molar-refractivity contribution is 5.47. The van der Waals surface area contributed by atoms with E-state index in [1.807, 2.05) is 0 Å². The van der Waals surface area contributed by atoms with Gasteiger partial charge in [0.15, 0.2) is 0 Å². The van der Waals surface area contributed by atoms with Crippen molar-refractivity contribution in [3.05, 3.63) is 33.1 Å². The number of aryl methyl sites for hydroxylation is 1. The number of nitrogens with one attached hydrogen (secondary N) is 1. The molecule has 20 heavy (non-hydrogen) atoms. The molecule has 2 N–H and O–H groups in total. The Labute approximate surface area is 119 Å². The third-order valence-corrected chi connectivity index (χ3v) is 3.17. The predicted octanol–water partition coefficient (Wildman–Crippen LogP) is 2.10. The van der Waals surface area contributed by atoms with E-state index in [0.717, 1.165) is 6.42 Å². The van der Waals surface area contributed by atoms with Gasteiger partial charge in [0.05, 0.1) is 16.7 Å². The Morgan fingerprint density at radius 3 is 2.65 bits per heavy atom. The second-order valence-electron chi connectivity index (χ2n) is 5.53. The molecule has 1 heterocycles. The van der Waals surface area contributed by atoms with Crippen molar-refractivity contribution in [2.24, 2.45) is 5.92 Å². The fourth-order valence-electron chi connectivity index (χ4n) is 2.21. The molecule has 0 aliphatic heterocycles. The number of nitro groups is 1. The van der Waals surface area contributed by atoms with E-state index in [4.69, 9.17) is 0 Å². The second-order valence-corrected chi connectivity index (χ2v) is 5.53. The number of aromatic nitrogens is 1. The van der Waals surface area contributed by atoms with Crippen molar-refractivity contribution in [1.29, 1.82) is 0 Å². The van der Waals surface area contributed by atoms with E-state index in [2.05, 4.69) is 24.1 Å². The first kappa shape index (κ1) is 16.5. The average molecular weight is 281 g/mol. The quantitative estimate of drug-likeness (QED) is 0.590. The molecule has 1 unspecified atom stereocenters. The van der Waals surface area contributed by atoms with Crippen LogP contribution in [-0.4, -0.2) is 27.7 Å². The Bertz CT molecular complexity index is 475. The van der Waals surface area contributed by atoms with Crippen LogP contribution in [0, 0.1) is 29.9 Å². The highest BCUT2D eigenvalue weighted by Crippen LogP contribution is 2.23. The van der Waals surface area contributed by atoms with Crippen LogP contribution in [0.15, 0.2) is 6.20 Å². The maximum atomic E-state index is 11.0. The smallest absolute Gasteiger partial charge is 0.278 e. The van der Waals surface area contributed by atoms with Crippen LogP contribution in [0.25, 0.3) is 0 Å². The Morgan fingerprint density at radius 2 is 2.10 bits per heavy atom. The summed E-state index contributed by atoms with van der Waals surface area (Å²) in [7, 11) is 0. The van der Waals surface area contributed by atoms with Gasteiger partial charge in [-0.15, -0.1) is 0 Å². The molecular weight excluding hydrogens is 258 g/mol. The monoisotopic (exact) mass is 281 g/mol. The maximum Gasteiger partial charge on any atom is 0.278 e. The second kappa shape index (κ2) is 7.31. The van der Waals surface area contributed by atoms with E-state index in [1.165, 1.54) is 6.20 Å². The summed E-state index contributed by atoms with van der Waals surface area (Å²) in [4.78, 5) is 14.9. The molecule has 0 fully saturated rings. The topological polar surface area (TPSA) is 88.3 Å². The molecule has 6 nitrogen and oxygen atoms in total. The lowest BCUT2D eigenvalue weighted by Gasteiger charge is -2.14. The molecule has 1 aromatic rings. The molecule has 0 saturated carbocycles. The Hall–Kier alpha value is -1.53. The number of pyridine rings is 1. The van der Waals surface area contributed by atoms with Crippen molar-refractivity contribution < 1.29 is 10.0 Å². The molecule has 112 valence electrons. The van der Waals surface area contributed by atoms with Crippen LogP contribution in [0.2, 0.25) is 0 Å². The zero-order valence-corrected chi connectivity index (χ0v) is 12.5. The lowest BCUT2D eigenvalue weighted by atomic mass is 10.1. The lowest BCUT2D eigenvalue weighted by molar-refractivity contribution is -0.386. The first-order valence-electron chi connectivity index (χ1n) is 6.81. The van der Waals surface area contributed by atoms with Crippen LogP contribution in [-0.2, 0) is 6.54 Å². The van der Waals surface area contributed by atoms with Gasteiger partial charge in [-0.25, -0.2) is 0 Å². The largest absolute Gasteiger partial charge is 0.392 e. The minimum absolute atomic E-state index is 0.125. The van der Waals surface area contributed by atoms with Crippen molar-refractivity contribution in [2.45, 2.75) is 46.8 Å². The summed E-state index contributed by atoms with van der Waals surface area (Å²) in [5, 5.41) is 23.9. The van der Waals surface area contributed by atoms with E-state index in [1.54, 1.807) is 13.8 Å². The van der Waals surface area contributed by atoms with Gasteiger partial charge in [0.1, 0.15) is 0 Å². The van der Waals surface area contributed by atoms with E-state index in [0.29, 0.717) is 35.8 Å². The zero-order chi connectivity index (χ0) is 15.3. The van der Waals surface area contributed by atoms with Crippen molar-refractivity contribution in [2.75, 3.05) is 6.54 Å². The molecule has 1 rings (SSSR count). The average Bonchev–Trinajstić information content (AvgIpc) is 2.30. The van der Waals surface area contributed by atoms with Crippen molar-refractivity contribution in [3.8, 4) is 0 Å². The van der Waals surface area contributed by atoms with Gasteiger partial charge < -0.3 is 10.4 Å². The number of nitrogens with zero attached hydrogens (tertiary/aromatic N) is 2. The molecule has 0 radical (unpaired) electrons. The van der Waals surface area contributed by atoms with Crippen LogP contribution in [0.4, 0.5) is 5.69 Å². The number of aliphatic hydroxyl groups is 1. The molecule has 1 atom stereocenters. The molecule has 0 amide bonds. The molecule has 0 aromatic carbocycles. The summed E-state index contributed by atoms with van der Waals surface area (Å²) in [5.41, 5.74) is 1.93. The fourth-order valence-corrected chi connectivity index (χ4v) is 2.21. The van der Waals surface area contributed by atoms with E-state index >= 15 is 0 Å². The van der Waals surface area contributed by atoms with Gasteiger partial charge in [0.25, 0.3) is 5.69 Å². The fraction of sp³-hybridized carbons (Fsp3) is 0.643. The number of rotatable bonds is 7. The highest BCUT2D eigenvalue weighted by Gasteiger charge is 2.18. The molecular formula is C14H23N3O3. The summed E-state index contributed by atoms with van der Waals surface area (Å²) in [6, 6.07) is 0. The molecule has 0 spiro atoms. The third kappa shape index (κ3) is 4.54. The van der Waals surface area contributed by atoms with Gasteiger partial charge in [0, 0.05) is 30.4 Å². The molecule has 0 aliphatic rings. The van der Waals surface area contributed by atoms with Crippen molar-refractivity contribution >= 4 is 5.69 Å². The van der Waals surface area contributed by atoms with Gasteiger partial charge in [-0.05, 0) is 26.2 Å². The Balaban J connectivity index is 2.65. The summed E-state index contributed by atoms with van der Waals surface area (Å²) < 4.78 is 0. The van der Waals surface area contributed by atoms with Crippen molar-refractivity contribution in [1.82, 2.24) is 10.3 Å². The molecule has 0 saturated heterocycles. The van der Waals surface area contributed by atoms with Gasteiger partial charge in [-0.2, -0.15) is 0 Å². The third-order valence-electron chi connectivity index (χ3n) is 3.17. The van der Waals surface area contributed by atoms with Crippen LogP contribution in [0.3, 0.4) is 0 Å². The molecule has 0 aliphatic carbocycles. The minimum Gasteiger partial charge on any atom is -0.392 e. The minimum atomic E-state index is -0.407. The number of hydrogen-bond acceptors (Lipinski definition) is 5. The Morgan fingerprint density at radius 1 is 1.45 bits per heavy atom. The van der Waals surface area contributed by atoms with E-state index in [-0.39, 0.29) is 10.6 Å². The van der Waals surface area contributed by atoms with E-state index < -0.39 is 6.10 Å². The van der Waals surface area contributed by atoms with Crippen LogP contribution < -0.4 is 5.32 Å². The molecule has 1 aromatic heterocycles.